The number of anilines is 1. The minimum atomic E-state index is -0.242. The molecule has 2 rings (SSSR count). The SMILES string of the molecule is Fc1ccccc1CNc1ncc(Br)cc1Cl. The average molecular weight is 316 g/mol. The van der Waals surface area contributed by atoms with Gasteiger partial charge in [-0.25, -0.2) is 9.37 Å². The van der Waals surface area contributed by atoms with E-state index in [1.54, 1.807) is 30.5 Å². The van der Waals surface area contributed by atoms with Gasteiger partial charge in [0.1, 0.15) is 11.6 Å². The Morgan fingerprint density at radius 1 is 1.35 bits per heavy atom. The molecule has 0 saturated heterocycles. The fourth-order valence-electron chi connectivity index (χ4n) is 1.37. The topological polar surface area (TPSA) is 24.9 Å². The zero-order valence-electron chi connectivity index (χ0n) is 8.75. The van der Waals surface area contributed by atoms with Crippen molar-refractivity contribution in [2.45, 2.75) is 6.54 Å². The van der Waals surface area contributed by atoms with E-state index in [4.69, 9.17) is 11.6 Å². The van der Waals surface area contributed by atoms with Gasteiger partial charge in [-0.1, -0.05) is 29.8 Å². The van der Waals surface area contributed by atoms with E-state index in [2.05, 4.69) is 26.2 Å². The first-order chi connectivity index (χ1) is 8.16. The van der Waals surface area contributed by atoms with E-state index in [1.807, 2.05) is 0 Å². The average Bonchev–Trinajstić information content (AvgIpc) is 2.30. The number of aromatic nitrogens is 1. The Morgan fingerprint density at radius 3 is 2.82 bits per heavy atom. The minimum Gasteiger partial charge on any atom is -0.365 e. The molecule has 1 aromatic carbocycles. The van der Waals surface area contributed by atoms with Gasteiger partial charge in [0.05, 0.1) is 5.02 Å². The van der Waals surface area contributed by atoms with Gasteiger partial charge < -0.3 is 5.32 Å². The van der Waals surface area contributed by atoms with Crippen LogP contribution in [0.4, 0.5) is 10.2 Å². The van der Waals surface area contributed by atoms with E-state index in [1.165, 1.54) is 6.07 Å². The largest absolute Gasteiger partial charge is 0.365 e. The third kappa shape index (κ3) is 3.17. The Hall–Kier alpha value is -1.13. The fraction of sp³-hybridized carbons (Fsp3) is 0.0833. The summed E-state index contributed by atoms with van der Waals surface area (Å²) in [6.07, 6.45) is 1.63. The highest BCUT2D eigenvalue weighted by Crippen LogP contribution is 2.23. The highest BCUT2D eigenvalue weighted by molar-refractivity contribution is 9.10. The van der Waals surface area contributed by atoms with Gasteiger partial charge >= 0.3 is 0 Å². The highest BCUT2D eigenvalue weighted by atomic mass is 79.9. The third-order valence-corrected chi connectivity index (χ3v) is 2.93. The van der Waals surface area contributed by atoms with Gasteiger partial charge in [-0.15, -0.1) is 0 Å². The van der Waals surface area contributed by atoms with Crippen LogP contribution in [0.25, 0.3) is 0 Å². The molecule has 1 aromatic heterocycles. The first-order valence-corrected chi connectivity index (χ1v) is 6.12. The molecule has 0 aliphatic heterocycles. The molecule has 0 aliphatic rings. The molecule has 0 radical (unpaired) electrons. The number of benzene rings is 1. The van der Waals surface area contributed by atoms with Crippen molar-refractivity contribution < 1.29 is 4.39 Å². The maximum Gasteiger partial charge on any atom is 0.145 e. The minimum absolute atomic E-state index is 0.242. The third-order valence-electron chi connectivity index (χ3n) is 2.21. The van der Waals surface area contributed by atoms with Crippen molar-refractivity contribution in [1.82, 2.24) is 4.98 Å². The molecule has 0 fully saturated rings. The summed E-state index contributed by atoms with van der Waals surface area (Å²) in [4.78, 5) is 4.11. The predicted molar refractivity (Wildman–Crippen MR) is 70.7 cm³/mol. The summed E-state index contributed by atoms with van der Waals surface area (Å²) >= 11 is 9.26. The first-order valence-electron chi connectivity index (χ1n) is 4.95. The monoisotopic (exact) mass is 314 g/mol. The van der Waals surface area contributed by atoms with Crippen LogP contribution in [0.1, 0.15) is 5.56 Å². The summed E-state index contributed by atoms with van der Waals surface area (Å²) in [5.74, 6) is 0.298. The van der Waals surface area contributed by atoms with Gasteiger partial charge in [-0.3, -0.25) is 0 Å². The fourth-order valence-corrected chi connectivity index (χ4v) is 2.06. The molecule has 0 atom stereocenters. The molecule has 1 heterocycles. The maximum atomic E-state index is 13.4. The van der Waals surface area contributed by atoms with Crippen LogP contribution >= 0.6 is 27.5 Å². The summed E-state index contributed by atoms with van der Waals surface area (Å²) < 4.78 is 14.2. The maximum absolute atomic E-state index is 13.4. The molecule has 0 aliphatic carbocycles. The summed E-state index contributed by atoms with van der Waals surface area (Å²) in [7, 11) is 0. The highest BCUT2D eigenvalue weighted by Gasteiger charge is 2.04. The summed E-state index contributed by atoms with van der Waals surface area (Å²) in [6, 6.07) is 8.32. The Bertz CT molecular complexity index is 534. The lowest BCUT2D eigenvalue weighted by atomic mass is 10.2. The van der Waals surface area contributed by atoms with E-state index in [-0.39, 0.29) is 5.82 Å². The molecule has 1 N–H and O–H groups in total. The van der Waals surface area contributed by atoms with Gasteiger partial charge in [0.15, 0.2) is 0 Å². The van der Waals surface area contributed by atoms with Gasteiger partial charge in [-0.05, 0) is 28.1 Å². The molecule has 0 amide bonds. The molecular weight excluding hydrogens is 307 g/mol. The van der Waals surface area contributed by atoms with Crippen molar-refractivity contribution in [2.24, 2.45) is 0 Å². The molecule has 0 saturated carbocycles. The van der Waals surface area contributed by atoms with Crippen molar-refractivity contribution in [3.8, 4) is 0 Å². The lowest BCUT2D eigenvalue weighted by molar-refractivity contribution is 0.613. The molecule has 0 unspecified atom stereocenters. The summed E-state index contributed by atoms with van der Waals surface area (Å²) in [5, 5.41) is 3.49. The number of hydrogen-bond acceptors (Lipinski definition) is 2. The standard InChI is InChI=1S/C12H9BrClFN2/c13-9-5-10(14)12(17-7-9)16-6-8-3-1-2-4-11(8)15/h1-5,7H,6H2,(H,16,17). The van der Waals surface area contributed by atoms with Crippen LogP contribution in [-0.2, 0) is 6.54 Å². The lowest BCUT2D eigenvalue weighted by Gasteiger charge is -2.08. The second kappa shape index (κ2) is 5.47. The zero-order chi connectivity index (χ0) is 12.3. The zero-order valence-corrected chi connectivity index (χ0v) is 11.1. The second-order valence-corrected chi connectivity index (χ2v) is 4.75. The number of rotatable bonds is 3. The van der Waals surface area contributed by atoms with Crippen molar-refractivity contribution in [2.75, 3.05) is 5.32 Å². The number of hydrogen-bond donors (Lipinski definition) is 1. The van der Waals surface area contributed by atoms with E-state index in [0.29, 0.717) is 22.9 Å². The second-order valence-electron chi connectivity index (χ2n) is 3.43. The molecule has 88 valence electrons. The smallest absolute Gasteiger partial charge is 0.145 e. The summed E-state index contributed by atoms with van der Waals surface area (Å²) in [5.41, 5.74) is 0.577. The summed E-state index contributed by atoms with van der Waals surface area (Å²) in [6.45, 7) is 0.348. The Labute approximate surface area is 112 Å². The molecule has 0 spiro atoms. The number of pyridine rings is 1. The quantitative estimate of drug-likeness (QED) is 0.916. The molecule has 5 heteroatoms. The van der Waals surface area contributed by atoms with Crippen molar-refractivity contribution >= 4 is 33.3 Å². The van der Waals surface area contributed by atoms with Crippen LogP contribution in [0.3, 0.4) is 0 Å². The Balaban J connectivity index is 2.10. The van der Waals surface area contributed by atoms with Crippen LogP contribution in [-0.4, -0.2) is 4.98 Å². The van der Waals surface area contributed by atoms with Crippen LogP contribution in [0.15, 0.2) is 41.0 Å². The van der Waals surface area contributed by atoms with E-state index < -0.39 is 0 Å². The van der Waals surface area contributed by atoms with Gasteiger partial charge in [0.25, 0.3) is 0 Å². The number of halogens is 3. The normalized spacial score (nSPS) is 10.3. The van der Waals surface area contributed by atoms with E-state index in [0.717, 1.165) is 4.47 Å². The van der Waals surface area contributed by atoms with Crippen LogP contribution < -0.4 is 5.32 Å². The van der Waals surface area contributed by atoms with Crippen molar-refractivity contribution in [3.63, 3.8) is 0 Å². The molecule has 0 bridgehead atoms. The van der Waals surface area contributed by atoms with Gasteiger partial charge in [0, 0.05) is 22.8 Å². The van der Waals surface area contributed by atoms with Crippen LogP contribution in [0, 0.1) is 5.82 Å². The van der Waals surface area contributed by atoms with E-state index in [9.17, 15) is 4.39 Å². The van der Waals surface area contributed by atoms with Crippen LogP contribution in [0.5, 0.6) is 0 Å². The molecular formula is C12H9BrClFN2. The van der Waals surface area contributed by atoms with E-state index >= 15 is 0 Å². The lowest BCUT2D eigenvalue weighted by Crippen LogP contribution is -2.03. The molecule has 2 aromatic rings. The van der Waals surface area contributed by atoms with Crippen molar-refractivity contribution in [1.29, 1.82) is 0 Å². The Morgan fingerprint density at radius 2 is 2.12 bits per heavy atom. The molecule has 2 nitrogen and oxygen atoms in total. The van der Waals surface area contributed by atoms with Crippen molar-refractivity contribution in [3.05, 3.63) is 57.4 Å². The van der Waals surface area contributed by atoms with Gasteiger partial charge in [-0.2, -0.15) is 0 Å². The Kier molecular flexibility index (Phi) is 3.97. The van der Waals surface area contributed by atoms with Gasteiger partial charge in [0.2, 0.25) is 0 Å². The first kappa shape index (κ1) is 12.3. The molecule has 17 heavy (non-hydrogen) atoms. The number of nitrogens with one attached hydrogen (secondary N) is 1. The van der Waals surface area contributed by atoms with Crippen LogP contribution in [0.2, 0.25) is 5.02 Å². The number of nitrogens with zero attached hydrogens (tertiary/aromatic N) is 1. The predicted octanol–water partition coefficient (Wildman–Crippen LogP) is 4.25.